The van der Waals surface area contributed by atoms with E-state index in [0.29, 0.717) is 41.9 Å². The summed E-state index contributed by atoms with van der Waals surface area (Å²) < 4.78 is 29.9. The summed E-state index contributed by atoms with van der Waals surface area (Å²) >= 11 is 0. The molecule has 0 saturated heterocycles. The third-order valence-electron chi connectivity index (χ3n) is 6.62. The molecule has 5 nitrogen and oxygen atoms in total. The Labute approximate surface area is 191 Å². The second-order valence-corrected chi connectivity index (χ2v) is 8.75. The zero-order valence-corrected chi connectivity index (χ0v) is 19.0. The van der Waals surface area contributed by atoms with Crippen molar-refractivity contribution in [3.8, 4) is 11.1 Å². The van der Waals surface area contributed by atoms with Gasteiger partial charge in [-0.15, -0.1) is 0 Å². The number of benzene rings is 1. The highest BCUT2D eigenvalue weighted by atomic mass is 19.3. The van der Waals surface area contributed by atoms with Crippen LogP contribution in [-0.2, 0) is 24.7 Å². The molecule has 0 fully saturated rings. The lowest BCUT2D eigenvalue weighted by Gasteiger charge is -2.32. The van der Waals surface area contributed by atoms with Crippen molar-refractivity contribution in [3.05, 3.63) is 64.6 Å². The number of ketones is 1. The van der Waals surface area contributed by atoms with E-state index in [0.717, 1.165) is 40.9 Å². The van der Waals surface area contributed by atoms with E-state index in [1.54, 1.807) is 30.2 Å². The van der Waals surface area contributed by atoms with Crippen LogP contribution in [0, 0.1) is 6.92 Å². The fourth-order valence-corrected chi connectivity index (χ4v) is 4.92. The number of nitrogens with zero attached hydrogens (tertiary/aromatic N) is 4. The highest BCUT2D eigenvalue weighted by Gasteiger charge is 2.28. The molecule has 1 aliphatic carbocycles. The lowest BCUT2D eigenvalue weighted by Crippen LogP contribution is -2.26. The molecule has 0 N–H and O–H groups in total. The lowest BCUT2D eigenvalue weighted by atomic mass is 9.93. The summed E-state index contributed by atoms with van der Waals surface area (Å²) in [6.45, 7) is 4.57. The summed E-state index contributed by atoms with van der Waals surface area (Å²) in [6.07, 6.45) is 5.57. The molecule has 2 aromatic heterocycles. The molecule has 0 spiro atoms. The van der Waals surface area contributed by atoms with Crippen LogP contribution in [0.15, 0.2) is 36.7 Å². The Hall–Kier alpha value is -3.35. The molecule has 0 atom stereocenters. The number of halogens is 2. The number of hydrogen-bond acceptors (Lipinski definition) is 4. The van der Waals surface area contributed by atoms with E-state index >= 15 is 0 Å². The van der Waals surface area contributed by atoms with Crippen LogP contribution in [0.2, 0.25) is 0 Å². The second-order valence-electron chi connectivity index (χ2n) is 8.75. The summed E-state index contributed by atoms with van der Waals surface area (Å²) in [5.41, 5.74) is 6.55. The number of allylic oxidation sites excluding steroid dienone is 2. The summed E-state index contributed by atoms with van der Waals surface area (Å²) in [7, 11) is 1.78. The van der Waals surface area contributed by atoms with Gasteiger partial charge in [0.05, 0.1) is 11.9 Å². The van der Waals surface area contributed by atoms with Crippen LogP contribution < -0.4 is 4.90 Å². The molecule has 3 aromatic rings. The van der Waals surface area contributed by atoms with Crippen molar-refractivity contribution in [2.24, 2.45) is 7.05 Å². The third-order valence-corrected chi connectivity index (χ3v) is 6.62. The van der Waals surface area contributed by atoms with E-state index in [1.807, 2.05) is 37.0 Å². The molecule has 0 amide bonds. The first-order valence-electron chi connectivity index (χ1n) is 11.3. The number of aryl methyl sites for hydroxylation is 3. The molecule has 0 unspecified atom stereocenters. The summed E-state index contributed by atoms with van der Waals surface area (Å²) in [5, 5.41) is 4.16. The van der Waals surface area contributed by atoms with Crippen LogP contribution in [-0.4, -0.2) is 27.1 Å². The largest absolute Gasteiger partial charge is 0.326 e. The fourth-order valence-electron chi connectivity index (χ4n) is 4.92. The monoisotopic (exact) mass is 448 g/mol. The number of anilines is 2. The maximum absolute atomic E-state index is 14.1. The number of fused-ring (bicyclic) bond motifs is 2. The molecule has 7 heteroatoms. The average molecular weight is 449 g/mol. The first-order valence-corrected chi connectivity index (χ1v) is 11.3. The Morgan fingerprint density at radius 3 is 2.76 bits per heavy atom. The molecule has 33 heavy (non-hydrogen) atoms. The predicted molar refractivity (Wildman–Crippen MR) is 125 cm³/mol. The fraction of sp³-hybridized carbons (Fsp3) is 0.346. The first kappa shape index (κ1) is 21.5. The molecule has 170 valence electrons. The number of hydrogen-bond donors (Lipinski definition) is 0. The Kier molecular flexibility index (Phi) is 5.35. The highest BCUT2D eigenvalue weighted by Crippen LogP contribution is 2.42. The van der Waals surface area contributed by atoms with Gasteiger partial charge < -0.3 is 4.90 Å². The van der Waals surface area contributed by atoms with Gasteiger partial charge in [-0.2, -0.15) is 5.10 Å². The van der Waals surface area contributed by atoms with Crippen molar-refractivity contribution in [1.82, 2.24) is 14.8 Å². The molecule has 2 aliphatic rings. The van der Waals surface area contributed by atoms with Gasteiger partial charge in [0.15, 0.2) is 5.78 Å². The molecule has 3 heterocycles. The Balaban J connectivity index is 1.62. The third kappa shape index (κ3) is 3.65. The van der Waals surface area contributed by atoms with Crippen LogP contribution in [0.4, 0.5) is 20.3 Å². The number of alkyl halides is 2. The van der Waals surface area contributed by atoms with Crippen LogP contribution >= 0.6 is 0 Å². The van der Waals surface area contributed by atoms with Crippen LogP contribution in [0.5, 0.6) is 0 Å². The van der Waals surface area contributed by atoms with Crippen molar-refractivity contribution in [2.75, 3.05) is 11.4 Å². The standard InChI is InChI=1S/C26H26F2N4O/c1-4-23(33)19-8-7-18-15(2)10-24(30-25(18)19)32-9-5-6-16-11-20(17-13-29-31(3)14-17)21(26(27)28)12-22(16)32/h8,10-14,26H,4-7,9H2,1-3H3. The first-order chi connectivity index (χ1) is 15.9. The van der Waals surface area contributed by atoms with Crippen molar-refractivity contribution < 1.29 is 13.6 Å². The van der Waals surface area contributed by atoms with E-state index < -0.39 is 6.43 Å². The SMILES string of the molecule is CCC(=O)C1=CCc2c(C)cc(N3CCCc4cc(-c5cnn(C)c5)c(C(F)F)cc43)nc21. The van der Waals surface area contributed by atoms with Crippen molar-refractivity contribution in [3.63, 3.8) is 0 Å². The Morgan fingerprint density at radius 1 is 1.24 bits per heavy atom. The van der Waals surface area contributed by atoms with Gasteiger partial charge in [-0.05, 0) is 66.6 Å². The summed E-state index contributed by atoms with van der Waals surface area (Å²) in [6, 6.07) is 5.50. The van der Waals surface area contributed by atoms with Crippen LogP contribution in [0.1, 0.15) is 54.1 Å². The van der Waals surface area contributed by atoms with Gasteiger partial charge in [0.1, 0.15) is 5.82 Å². The number of aromatic nitrogens is 3. The number of rotatable bonds is 5. The normalized spacial score (nSPS) is 15.0. The molecule has 1 aliphatic heterocycles. The predicted octanol–water partition coefficient (Wildman–Crippen LogP) is 5.73. The number of carbonyl (C=O) groups is 1. The van der Waals surface area contributed by atoms with E-state index in [2.05, 4.69) is 5.10 Å². The van der Waals surface area contributed by atoms with Crippen molar-refractivity contribution >= 4 is 22.9 Å². The van der Waals surface area contributed by atoms with E-state index in [-0.39, 0.29) is 11.3 Å². The van der Waals surface area contributed by atoms with E-state index in [9.17, 15) is 13.6 Å². The molecular weight excluding hydrogens is 422 g/mol. The molecule has 5 rings (SSSR count). The molecule has 0 bridgehead atoms. The molecule has 0 saturated carbocycles. The number of pyridine rings is 1. The molecule has 0 radical (unpaired) electrons. The molecular formula is C26H26F2N4O. The van der Waals surface area contributed by atoms with Crippen molar-refractivity contribution in [2.45, 2.75) is 46.0 Å². The average Bonchev–Trinajstić information content (AvgIpc) is 3.43. The topological polar surface area (TPSA) is 51.0 Å². The van der Waals surface area contributed by atoms with E-state index in [1.165, 1.54) is 0 Å². The Bertz CT molecular complexity index is 1290. The van der Waals surface area contributed by atoms with Crippen LogP contribution in [0.3, 0.4) is 0 Å². The summed E-state index contributed by atoms with van der Waals surface area (Å²) in [5.74, 6) is 0.788. The minimum Gasteiger partial charge on any atom is -0.326 e. The van der Waals surface area contributed by atoms with Gasteiger partial charge >= 0.3 is 0 Å². The minimum absolute atomic E-state index is 0.00622. The minimum atomic E-state index is -2.61. The smallest absolute Gasteiger partial charge is 0.264 e. The van der Waals surface area contributed by atoms with Gasteiger partial charge in [0, 0.05) is 48.6 Å². The second kappa shape index (κ2) is 8.21. The van der Waals surface area contributed by atoms with Gasteiger partial charge in [-0.3, -0.25) is 9.48 Å². The number of Topliss-reactive ketones (excluding diaryl/α,β-unsaturated/α-hetero) is 1. The van der Waals surface area contributed by atoms with Gasteiger partial charge in [0.2, 0.25) is 0 Å². The van der Waals surface area contributed by atoms with Crippen molar-refractivity contribution in [1.29, 1.82) is 0 Å². The quantitative estimate of drug-likeness (QED) is 0.500. The number of carbonyl (C=O) groups excluding carboxylic acids is 1. The van der Waals surface area contributed by atoms with E-state index in [4.69, 9.17) is 4.98 Å². The van der Waals surface area contributed by atoms with Gasteiger partial charge in [-0.25, -0.2) is 13.8 Å². The van der Waals surface area contributed by atoms with Crippen LogP contribution in [0.25, 0.3) is 16.7 Å². The van der Waals surface area contributed by atoms with Gasteiger partial charge in [-0.1, -0.05) is 13.0 Å². The molecule has 1 aromatic carbocycles. The maximum Gasteiger partial charge on any atom is 0.264 e. The summed E-state index contributed by atoms with van der Waals surface area (Å²) in [4.78, 5) is 19.4. The Morgan fingerprint density at radius 2 is 2.06 bits per heavy atom. The highest BCUT2D eigenvalue weighted by molar-refractivity contribution is 6.21. The zero-order chi connectivity index (χ0) is 23.3. The maximum atomic E-state index is 14.1. The van der Waals surface area contributed by atoms with Gasteiger partial charge in [0.25, 0.3) is 6.43 Å². The lowest BCUT2D eigenvalue weighted by molar-refractivity contribution is -0.113. The zero-order valence-electron chi connectivity index (χ0n) is 19.0.